The number of halogens is 3. The molecule has 1 aromatic carbocycles. The lowest BCUT2D eigenvalue weighted by Crippen LogP contribution is -2.28. The largest absolute Gasteiger partial charge is 0.484 e. The second-order valence-corrected chi connectivity index (χ2v) is 8.77. The van der Waals surface area contributed by atoms with E-state index in [1.54, 1.807) is 12.3 Å². The molecule has 0 bridgehead atoms. The van der Waals surface area contributed by atoms with E-state index in [2.05, 4.69) is 9.97 Å². The van der Waals surface area contributed by atoms with Crippen LogP contribution in [0.2, 0.25) is 0 Å². The number of thioether (sulfide) groups is 1. The molecule has 0 spiro atoms. The highest BCUT2D eigenvalue weighted by Crippen LogP contribution is 2.24. The fraction of sp³-hybridized carbons (Fsp3) is 0.455. The molecule has 2 N–H and O–H groups in total. The van der Waals surface area contributed by atoms with Gasteiger partial charge in [-0.2, -0.15) is 13.2 Å². The lowest BCUT2D eigenvalue weighted by Gasteiger charge is -2.23. The van der Waals surface area contributed by atoms with Crippen molar-refractivity contribution >= 4 is 22.8 Å². The summed E-state index contributed by atoms with van der Waals surface area (Å²) in [5.41, 5.74) is 0.475. The van der Waals surface area contributed by atoms with E-state index in [1.807, 2.05) is 0 Å². The highest BCUT2D eigenvalue weighted by molar-refractivity contribution is 7.99. The molecule has 0 aliphatic carbocycles. The van der Waals surface area contributed by atoms with Crippen molar-refractivity contribution < 1.29 is 32.5 Å². The Morgan fingerprint density at radius 1 is 1.24 bits per heavy atom. The normalized spacial score (nSPS) is 16.1. The molecule has 2 aromatic heterocycles. The minimum Gasteiger partial charge on any atom is -0.484 e. The summed E-state index contributed by atoms with van der Waals surface area (Å²) in [7, 11) is 0. The van der Waals surface area contributed by atoms with Crippen LogP contribution in [-0.2, 0) is 9.47 Å². The molecule has 4 rings (SSSR count). The van der Waals surface area contributed by atoms with Gasteiger partial charge in [0, 0.05) is 25.2 Å². The quantitative estimate of drug-likeness (QED) is 0.344. The Labute approximate surface area is 197 Å². The van der Waals surface area contributed by atoms with Gasteiger partial charge in [0.15, 0.2) is 11.8 Å². The van der Waals surface area contributed by atoms with Crippen LogP contribution in [0, 0.1) is 0 Å². The average molecular weight is 500 g/mol. The Kier molecular flexibility index (Phi) is 7.81. The second kappa shape index (κ2) is 10.8. The number of rotatable bonds is 9. The van der Waals surface area contributed by atoms with Gasteiger partial charge in [0.05, 0.1) is 29.9 Å². The van der Waals surface area contributed by atoms with Crippen LogP contribution >= 0.6 is 11.8 Å². The van der Waals surface area contributed by atoms with E-state index in [9.17, 15) is 23.1 Å². The highest BCUT2D eigenvalue weighted by Gasteiger charge is 2.28. The Morgan fingerprint density at radius 3 is 2.68 bits per heavy atom. The number of aliphatic hydroxyl groups excluding tert-OH is 1. The SMILES string of the molecule is O=c1c2cc[nH]c2nc(SCC(O)COC2CCOCC2)n1-c1ccc(OCC(F)(F)F)cc1. The van der Waals surface area contributed by atoms with E-state index in [1.165, 1.54) is 40.6 Å². The number of fused-ring (bicyclic) bond motifs is 1. The zero-order valence-corrected chi connectivity index (χ0v) is 18.9. The first-order chi connectivity index (χ1) is 16.3. The van der Waals surface area contributed by atoms with E-state index in [0.717, 1.165) is 12.8 Å². The predicted molar refractivity (Wildman–Crippen MR) is 120 cm³/mol. The Morgan fingerprint density at radius 2 is 1.97 bits per heavy atom. The molecule has 1 aliphatic rings. The molecule has 1 saturated heterocycles. The minimum atomic E-state index is -4.45. The Balaban J connectivity index is 1.50. The van der Waals surface area contributed by atoms with Crippen LogP contribution in [-0.4, -0.2) is 70.2 Å². The maximum Gasteiger partial charge on any atom is 0.422 e. The van der Waals surface area contributed by atoms with Crippen molar-refractivity contribution in [2.75, 3.05) is 32.2 Å². The van der Waals surface area contributed by atoms with Crippen molar-refractivity contribution in [1.29, 1.82) is 0 Å². The zero-order chi connectivity index (χ0) is 24.1. The van der Waals surface area contributed by atoms with Gasteiger partial charge >= 0.3 is 6.18 Å². The number of hydrogen-bond donors (Lipinski definition) is 2. The van der Waals surface area contributed by atoms with Gasteiger partial charge < -0.3 is 24.3 Å². The second-order valence-electron chi connectivity index (χ2n) is 7.78. The van der Waals surface area contributed by atoms with Gasteiger partial charge in [0.2, 0.25) is 0 Å². The Bertz CT molecular complexity index is 1140. The molecule has 3 heterocycles. The van der Waals surface area contributed by atoms with Gasteiger partial charge in [0.25, 0.3) is 5.56 Å². The number of benzene rings is 1. The maximum atomic E-state index is 13.1. The van der Waals surface area contributed by atoms with Crippen LogP contribution in [0.5, 0.6) is 5.75 Å². The smallest absolute Gasteiger partial charge is 0.422 e. The fourth-order valence-corrected chi connectivity index (χ4v) is 4.38. The summed E-state index contributed by atoms with van der Waals surface area (Å²) in [5.74, 6) is 0.258. The summed E-state index contributed by atoms with van der Waals surface area (Å²) in [6, 6.07) is 7.30. The summed E-state index contributed by atoms with van der Waals surface area (Å²) >= 11 is 1.18. The highest BCUT2D eigenvalue weighted by atomic mass is 32.2. The molecule has 1 unspecified atom stereocenters. The predicted octanol–water partition coefficient (Wildman–Crippen LogP) is 3.30. The number of H-pyrrole nitrogens is 1. The first kappa shape index (κ1) is 24.6. The average Bonchev–Trinajstić information content (AvgIpc) is 3.30. The van der Waals surface area contributed by atoms with E-state index < -0.39 is 18.9 Å². The maximum absolute atomic E-state index is 13.1. The third kappa shape index (κ3) is 6.32. The number of aliphatic hydroxyl groups is 1. The fourth-order valence-electron chi connectivity index (χ4n) is 3.47. The first-order valence-corrected chi connectivity index (χ1v) is 11.7. The van der Waals surface area contributed by atoms with Gasteiger partial charge in [-0.3, -0.25) is 9.36 Å². The van der Waals surface area contributed by atoms with Gasteiger partial charge in [-0.25, -0.2) is 4.98 Å². The van der Waals surface area contributed by atoms with Crippen molar-refractivity contribution in [3.05, 3.63) is 46.9 Å². The van der Waals surface area contributed by atoms with Crippen LogP contribution in [0.3, 0.4) is 0 Å². The molecule has 12 heteroatoms. The summed E-state index contributed by atoms with van der Waals surface area (Å²) in [6.45, 7) is 0.0276. The molecule has 1 fully saturated rings. The van der Waals surface area contributed by atoms with Crippen LogP contribution in [0.4, 0.5) is 13.2 Å². The molecule has 8 nitrogen and oxygen atoms in total. The molecule has 1 aliphatic heterocycles. The lowest BCUT2D eigenvalue weighted by molar-refractivity contribution is -0.153. The Hall–Kier alpha value is -2.54. The van der Waals surface area contributed by atoms with Crippen molar-refractivity contribution in [3.8, 4) is 11.4 Å². The summed E-state index contributed by atoms with van der Waals surface area (Å²) in [6.07, 6.45) is -2.01. The van der Waals surface area contributed by atoms with E-state index in [4.69, 9.17) is 14.2 Å². The van der Waals surface area contributed by atoms with Gasteiger partial charge in [0.1, 0.15) is 11.4 Å². The van der Waals surface area contributed by atoms with Crippen molar-refractivity contribution in [2.24, 2.45) is 0 Å². The van der Waals surface area contributed by atoms with Crippen LogP contribution < -0.4 is 10.3 Å². The van der Waals surface area contributed by atoms with Crippen molar-refractivity contribution in [1.82, 2.24) is 14.5 Å². The number of ether oxygens (including phenoxy) is 3. The van der Waals surface area contributed by atoms with E-state index in [0.29, 0.717) is 35.1 Å². The van der Waals surface area contributed by atoms with Crippen molar-refractivity contribution in [3.63, 3.8) is 0 Å². The summed E-state index contributed by atoms with van der Waals surface area (Å²) < 4.78 is 54.4. The third-order valence-corrected chi connectivity index (χ3v) is 6.24. The van der Waals surface area contributed by atoms with Crippen LogP contribution in [0.15, 0.2) is 46.5 Å². The molecule has 3 aromatic rings. The number of hydrogen-bond acceptors (Lipinski definition) is 7. The summed E-state index contributed by atoms with van der Waals surface area (Å²) in [4.78, 5) is 20.6. The van der Waals surface area contributed by atoms with Gasteiger partial charge in [-0.1, -0.05) is 11.8 Å². The molecular weight excluding hydrogens is 475 g/mol. The molecule has 184 valence electrons. The van der Waals surface area contributed by atoms with Crippen LogP contribution in [0.1, 0.15) is 12.8 Å². The van der Waals surface area contributed by atoms with Gasteiger partial charge in [-0.15, -0.1) is 0 Å². The molecule has 0 radical (unpaired) electrons. The number of alkyl halides is 3. The standard InChI is InChI=1S/C22H24F3N3O5S/c23-22(24,25)13-33-16-3-1-14(2-4-16)28-20(30)18-5-8-26-19(18)27-21(28)34-12-15(29)11-32-17-6-9-31-10-7-17/h1-5,8,15,17,26,29H,6-7,9-13H2. The lowest BCUT2D eigenvalue weighted by atomic mass is 10.1. The van der Waals surface area contributed by atoms with Crippen molar-refractivity contribution in [2.45, 2.75) is 36.4 Å². The molecule has 34 heavy (non-hydrogen) atoms. The number of nitrogens with one attached hydrogen (secondary N) is 1. The third-order valence-electron chi connectivity index (χ3n) is 5.15. The molecule has 0 amide bonds. The molecule has 0 saturated carbocycles. The minimum absolute atomic E-state index is 0.0275. The monoisotopic (exact) mass is 499 g/mol. The number of aromatic nitrogens is 3. The first-order valence-electron chi connectivity index (χ1n) is 10.7. The number of aromatic amines is 1. The zero-order valence-electron chi connectivity index (χ0n) is 18.1. The number of nitrogens with zero attached hydrogens (tertiary/aromatic N) is 2. The van der Waals surface area contributed by atoms with Crippen LogP contribution in [0.25, 0.3) is 16.7 Å². The van der Waals surface area contributed by atoms with E-state index >= 15 is 0 Å². The summed E-state index contributed by atoms with van der Waals surface area (Å²) in [5, 5.41) is 11.1. The van der Waals surface area contributed by atoms with Gasteiger partial charge in [-0.05, 0) is 43.2 Å². The molecule has 1 atom stereocenters. The topological polar surface area (TPSA) is 98.6 Å². The van der Waals surface area contributed by atoms with E-state index in [-0.39, 0.29) is 29.8 Å². The molecular formula is C22H24F3N3O5S.